The molecule has 0 unspecified atom stereocenters. The van der Waals surface area contributed by atoms with E-state index in [0.717, 1.165) is 12.2 Å². The zero-order valence-electron chi connectivity index (χ0n) is 10.8. The molecule has 1 aromatic rings. The molecule has 1 fully saturated rings. The molecule has 2 heterocycles. The number of pyridine rings is 1. The van der Waals surface area contributed by atoms with E-state index in [4.69, 9.17) is 4.74 Å². The normalized spacial score (nSPS) is 24.8. The first-order valence-corrected chi connectivity index (χ1v) is 6.11. The SMILES string of the molecule is CN1CCO[C@@](C)(C(=O)NCc2ccccn2)C1. The summed E-state index contributed by atoms with van der Waals surface area (Å²) < 4.78 is 5.61. The van der Waals surface area contributed by atoms with Crippen molar-refractivity contribution < 1.29 is 9.53 Å². The average molecular weight is 249 g/mol. The van der Waals surface area contributed by atoms with Crippen LogP contribution in [-0.2, 0) is 16.1 Å². The lowest BCUT2D eigenvalue weighted by molar-refractivity contribution is -0.155. The Morgan fingerprint density at radius 3 is 3.11 bits per heavy atom. The Balaban J connectivity index is 1.91. The van der Waals surface area contributed by atoms with Crippen LogP contribution in [-0.4, -0.2) is 48.1 Å². The lowest BCUT2D eigenvalue weighted by Crippen LogP contribution is -2.57. The van der Waals surface area contributed by atoms with E-state index in [1.54, 1.807) is 6.20 Å². The molecule has 1 N–H and O–H groups in total. The molecule has 0 aliphatic carbocycles. The number of nitrogens with zero attached hydrogens (tertiary/aromatic N) is 2. The Bertz CT molecular complexity index is 410. The number of likely N-dealkylation sites (N-methyl/N-ethyl adjacent to an activating group) is 1. The molecule has 0 spiro atoms. The van der Waals surface area contributed by atoms with Gasteiger partial charge in [-0.1, -0.05) is 6.07 Å². The van der Waals surface area contributed by atoms with Gasteiger partial charge in [0.1, 0.15) is 0 Å². The van der Waals surface area contributed by atoms with Gasteiger partial charge in [0.05, 0.1) is 18.8 Å². The fourth-order valence-electron chi connectivity index (χ4n) is 2.06. The smallest absolute Gasteiger partial charge is 0.253 e. The largest absolute Gasteiger partial charge is 0.363 e. The number of carbonyl (C=O) groups is 1. The minimum Gasteiger partial charge on any atom is -0.363 e. The third-order valence-electron chi connectivity index (χ3n) is 3.10. The molecule has 5 heteroatoms. The van der Waals surface area contributed by atoms with Gasteiger partial charge in [-0.15, -0.1) is 0 Å². The highest BCUT2D eigenvalue weighted by Crippen LogP contribution is 2.16. The van der Waals surface area contributed by atoms with Gasteiger partial charge in [-0.3, -0.25) is 9.78 Å². The van der Waals surface area contributed by atoms with E-state index in [9.17, 15) is 4.79 Å². The van der Waals surface area contributed by atoms with Crippen molar-refractivity contribution in [3.63, 3.8) is 0 Å². The molecule has 1 saturated heterocycles. The van der Waals surface area contributed by atoms with Crippen molar-refractivity contribution in [1.82, 2.24) is 15.2 Å². The Hall–Kier alpha value is -1.46. The van der Waals surface area contributed by atoms with Crippen molar-refractivity contribution in [2.45, 2.75) is 19.1 Å². The van der Waals surface area contributed by atoms with E-state index < -0.39 is 5.60 Å². The maximum absolute atomic E-state index is 12.1. The summed E-state index contributed by atoms with van der Waals surface area (Å²) in [5.41, 5.74) is 0.0838. The van der Waals surface area contributed by atoms with Gasteiger partial charge in [-0.25, -0.2) is 0 Å². The molecule has 1 atom stereocenters. The number of morpholine rings is 1. The molecule has 18 heavy (non-hydrogen) atoms. The second kappa shape index (κ2) is 5.46. The molecule has 98 valence electrons. The summed E-state index contributed by atoms with van der Waals surface area (Å²) in [4.78, 5) is 18.4. The molecular weight excluding hydrogens is 230 g/mol. The quantitative estimate of drug-likeness (QED) is 0.843. The lowest BCUT2D eigenvalue weighted by atomic mass is 10.0. The van der Waals surface area contributed by atoms with E-state index in [1.165, 1.54) is 0 Å². The fraction of sp³-hybridized carbons (Fsp3) is 0.538. The van der Waals surface area contributed by atoms with Gasteiger partial charge in [-0.05, 0) is 26.1 Å². The zero-order valence-corrected chi connectivity index (χ0v) is 10.8. The van der Waals surface area contributed by atoms with Crippen LogP contribution in [0, 0.1) is 0 Å². The number of nitrogens with one attached hydrogen (secondary N) is 1. The number of aromatic nitrogens is 1. The fourth-order valence-corrected chi connectivity index (χ4v) is 2.06. The van der Waals surface area contributed by atoms with E-state index in [-0.39, 0.29) is 5.91 Å². The summed E-state index contributed by atoms with van der Waals surface area (Å²) in [7, 11) is 1.99. The van der Waals surface area contributed by atoms with Crippen LogP contribution in [0.15, 0.2) is 24.4 Å². The van der Waals surface area contributed by atoms with Crippen molar-refractivity contribution in [3.8, 4) is 0 Å². The number of rotatable bonds is 3. The highest BCUT2D eigenvalue weighted by atomic mass is 16.5. The molecular formula is C13H19N3O2. The standard InChI is InChI=1S/C13H19N3O2/c1-13(10-16(2)7-8-18-13)12(17)15-9-11-5-3-4-6-14-11/h3-6H,7-10H2,1-2H3,(H,15,17)/t13-/m1/s1. The summed E-state index contributed by atoms with van der Waals surface area (Å²) >= 11 is 0. The van der Waals surface area contributed by atoms with E-state index >= 15 is 0 Å². The van der Waals surface area contributed by atoms with Crippen LogP contribution in [0.5, 0.6) is 0 Å². The molecule has 0 aromatic carbocycles. The molecule has 1 amide bonds. The number of ether oxygens (including phenoxy) is 1. The second-order valence-corrected chi connectivity index (χ2v) is 4.82. The van der Waals surface area contributed by atoms with E-state index in [1.807, 2.05) is 32.2 Å². The van der Waals surface area contributed by atoms with Gasteiger partial charge < -0.3 is 15.0 Å². The van der Waals surface area contributed by atoms with Gasteiger partial charge in [0.2, 0.25) is 0 Å². The van der Waals surface area contributed by atoms with Crippen LogP contribution in [0.25, 0.3) is 0 Å². The number of hydrogen-bond acceptors (Lipinski definition) is 4. The Kier molecular flexibility index (Phi) is 3.93. The lowest BCUT2D eigenvalue weighted by Gasteiger charge is -2.37. The minimum atomic E-state index is -0.762. The molecule has 2 rings (SSSR count). The Morgan fingerprint density at radius 1 is 1.61 bits per heavy atom. The molecule has 0 radical (unpaired) electrons. The third-order valence-corrected chi connectivity index (χ3v) is 3.10. The third kappa shape index (κ3) is 3.05. The Labute approximate surface area is 107 Å². The first-order chi connectivity index (χ1) is 8.60. The van der Waals surface area contributed by atoms with Crippen molar-refractivity contribution in [1.29, 1.82) is 0 Å². The van der Waals surface area contributed by atoms with Crippen LogP contribution in [0.3, 0.4) is 0 Å². The van der Waals surface area contributed by atoms with Crippen LogP contribution in [0.1, 0.15) is 12.6 Å². The highest BCUT2D eigenvalue weighted by Gasteiger charge is 2.37. The van der Waals surface area contributed by atoms with Crippen LogP contribution in [0.4, 0.5) is 0 Å². The molecule has 1 aromatic heterocycles. The zero-order chi connectivity index (χ0) is 13.0. The number of amides is 1. The number of hydrogen-bond donors (Lipinski definition) is 1. The van der Waals surface area contributed by atoms with Gasteiger partial charge in [0, 0.05) is 19.3 Å². The molecule has 5 nitrogen and oxygen atoms in total. The van der Waals surface area contributed by atoms with Crippen LogP contribution in [0.2, 0.25) is 0 Å². The monoisotopic (exact) mass is 249 g/mol. The van der Waals surface area contributed by atoms with Gasteiger partial charge in [0.25, 0.3) is 5.91 Å². The van der Waals surface area contributed by atoms with Crippen molar-refractivity contribution in [2.24, 2.45) is 0 Å². The predicted molar refractivity (Wildman–Crippen MR) is 67.9 cm³/mol. The topological polar surface area (TPSA) is 54.5 Å². The molecule has 1 aliphatic heterocycles. The van der Waals surface area contributed by atoms with Crippen LogP contribution >= 0.6 is 0 Å². The highest BCUT2D eigenvalue weighted by molar-refractivity contribution is 5.85. The second-order valence-electron chi connectivity index (χ2n) is 4.82. The van der Waals surface area contributed by atoms with E-state index in [0.29, 0.717) is 19.7 Å². The molecule has 1 aliphatic rings. The summed E-state index contributed by atoms with van der Waals surface area (Å²) in [5.74, 6) is -0.0836. The first-order valence-electron chi connectivity index (χ1n) is 6.11. The Morgan fingerprint density at radius 2 is 2.44 bits per heavy atom. The summed E-state index contributed by atoms with van der Waals surface area (Å²) in [6, 6.07) is 5.64. The predicted octanol–water partition coefficient (Wildman–Crippen LogP) is 0.418. The summed E-state index contributed by atoms with van der Waals surface area (Å²) in [5, 5.41) is 2.88. The molecule has 0 bridgehead atoms. The van der Waals surface area contributed by atoms with Crippen LogP contribution < -0.4 is 5.32 Å². The van der Waals surface area contributed by atoms with Gasteiger partial charge >= 0.3 is 0 Å². The van der Waals surface area contributed by atoms with Crippen molar-refractivity contribution in [3.05, 3.63) is 30.1 Å². The number of carbonyl (C=O) groups excluding carboxylic acids is 1. The van der Waals surface area contributed by atoms with E-state index in [2.05, 4.69) is 15.2 Å². The van der Waals surface area contributed by atoms with Gasteiger partial charge in [-0.2, -0.15) is 0 Å². The maximum Gasteiger partial charge on any atom is 0.253 e. The average Bonchev–Trinajstić information content (AvgIpc) is 2.37. The summed E-state index contributed by atoms with van der Waals surface area (Å²) in [6.45, 7) is 4.33. The van der Waals surface area contributed by atoms with Crippen molar-refractivity contribution >= 4 is 5.91 Å². The first kappa shape index (κ1) is 13.0. The van der Waals surface area contributed by atoms with Crippen molar-refractivity contribution in [2.75, 3.05) is 26.7 Å². The minimum absolute atomic E-state index is 0.0836. The van der Waals surface area contributed by atoms with Gasteiger partial charge in [0.15, 0.2) is 5.60 Å². The maximum atomic E-state index is 12.1. The summed E-state index contributed by atoms with van der Waals surface area (Å²) in [6.07, 6.45) is 1.72. The molecule has 0 saturated carbocycles.